The molecule has 0 spiro atoms. The van der Waals surface area contributed by atoms with Gasteiger partial charge in [0.25, 0.3) is 5.19 Å². The molecule has 4 nitrogen and oxygen atoms in total. The molecule has 3 rings (SSSR count). The molecule has 1 aliphatic heterocycles. The van der Waals surface area contributed by atoms with Gasteiger partial charge in [0.1, 0.15) is 5.75 Å². The molecule has 0 saturated heterocycles. The van der Waals surface area contributed by atoms with E-state index in [0.717, 1.165) is 16.7 Å². The van der Waals surface area contributed by atoms with E-state index in [1.54, 1.807) is 6.07 Å². The Balaban J connectivity index is 1.87. The van der Waals surface area contributed by atoms with Crippen molar-refractivity contribution in [1.29, 1.82) is 0 Å². The lowest BCUT2D eigenvalue weighted by atomic mass is 9.79. The summed E-state index contributed by atoms with van der Waals surface area (Å²) >= 11 is 1.45. The summed E-state index contributed by atoms with van der Waals surface area (Å²) in [4.78, 5) is 4.22. The summed E-state index contributed by atoms with van der Waals surface area (Å²) in [6.45, 7) is 2.37. The van der Waals surface area contributed by atoms with Crippen molar-refractivity contribution in [3.05, 3.63) is 34.8 Å². The minimum absolute atomic E-state index is 0.452. The van der Waals surface area contributed by atoms with Gasteiger partial charge in [0.15, 0.2) is 0 Å². The fourth-order valence-corrected chi connectivity index (χ4v) is 2.40. The van der Waals surface area contributed by atoms with Gasteiger partial charge in [-0.25, -0.2) is 4.98 Å². The first-order chi connectivity index (χ1) is 8.22. The van der Waals surface area contributed by atoms with Crippen LogP contribution in [0.5, 0.6) is 10.9 Å². The Morgan fingerprint density at radius 2 is 2.41 bits per heavy atom. The zero-order chi connectivity index (χ0) is 11.8. The second-order valence-electron chi connectivity index (χ2n) is 3.88. The summed E-state index contributed by atoms with van der Waals surface area (Å²) in [5, 5.41) is 12.1. The third-order valence-electron chi connectivity index (χ3n) is 2.58. The Kier molecular flexibility index (Phi) is 2.62. The van der Waals surface area contributed by atoms with Crippen LogP contribution < -0.4 is 10.2 Å². The molecular formula is C11H10BNO3S. The summed E-state index contributed by atoms with van der Waals surface area (Å²) < 4.78 is 10.7. The van der Waals surface area contributed by atoms with Crippen molar-refractivity contribution in [3.63, 3.8) is 0 Å². The highest BCUT2D eigenvalue weighted by Crippen LogP contribution is 2.25. The summed E-state index contributed by atoms with van der Waals surface area (Å²) in [6, 6.07) is 5.56. The summed E-state index contributed by atoms with van der Waals surface area (Å²) in [5.41, 5.74) is 2.71. The minimum atomic E-state index is -0.841. The van der Waals surface area contributed by atoms with Crippen molar-refractivity contribution in [2.24, 2.45) is 0 Å². The van der Waals surface area contributed by atoms with E-state index in [2.05, 4.69) is 4.98 Å². The fourth-order valence-electron chi connectivity index (χ4n) is 1.74. The molecule has 1 N–H and O–H groups in total. The van der Waals surface area contributed by atoms with E-state index in [9.17, 15) is 5.02 Å². The molecule has 6 heteroatoms. The molecule has 2 aromatic rings. The number of nitrogens with zero attached hydrogens (tertiary/aromatic N) is 1. The highest BCUT2D eigenvalue weighted by Gasteiger charge is 2.27. The van der Waals surface area contributed by atoms with E-state index >= 15 is 0 Å². The second-order valence-corrected chi connectivity index (χ2v) is 4.70. The molecular weight excluding hydrogens is 237 g/mol. The number of aromatic nitrogens is 1. The highest BCUT2D eigenvalue weighted by molar-refractivity contribution is 7.11. The van der Waals surface area contributed by atoms with Crippen molar-refractivity contribution in [3.8, 4) is 10.9 Å². The third kappa shape index (κ3) is 2.07. The number of fused-ring (bicyclic) bond motifs is 1. The van der Waals surface area contributed by atoms with Gasteiger partial charge in [-0.05, 0) is 30.1 Å². The Hall–Kier alpha value is -1.37. The first-order valence-corrected chi connectivity index (χ1v) is 6.13. The van der Waals surface area contributed by atoms with E-state index in [4.69, 9.17) is 9.39 Å². The molecule has 0 unspecified atom stereocenters. The van der Waals surface area contributed by atoms with Crippen LogP contribution in [0.15, 0.2) is 23.6 Å². The maximum atomic E-state index is 9.59. The number of aryl methyl sites for hydroxylation is 1. The summed E-state index contributed by atoms with van der Waals surface area (Å²) in [7, 11) is -0.841. The highest BCUT2D eigenvalue weighted by atomic mass is 32.1. The molecule has 17 heavy (non-hydrogen) atoms. The van der Waals surface area contributed by atoms with Crippen LogP contribution >= 0.6 is 11.3 Å². The monoisotopic (exact) mass is 247 g/mol. The van der Waals surface area contributed by atoms with Gasteiger partial charge in [-0.1, -0.05) is 17.4 Å². The van der Waals surface area contributed by atoms with Gasteiger partial charge in [-0.2, -0.15) is 0 Å². The van der Waals surface area contributed by atoms with Gasteiger partial charge in [0, 0.05) is 5.38 Å². The van der Waals surface area contributed by atoms with Gasteiger partial charge in [-0.15, -0.1) is 0 Å². The molecule has 0 bridgehead atoms. The Bertz CT molecular complexity index is 557. The molecule has 86 valence electrons. The van der Waals surface area contributed by atoms with Gasteiger partial charge in [-0.3, -0.25) is 0 Å². The van der Waals surface area contributed by atoms with Crippen molar-refractivity contribution in [2.45, 2.75) is 13.5 Å². The molecule has 0 aliphatic carbocycles. The summed E-state index contributed by atoms with van der Waals surface area (Å²) in [5.74, 6) is 0.669. The topological polar surface area (TPSA) is 51.6 Å². The van der Waals surface area contributed by atoms with Crippen LogP contribution in [0.3, 0.4) is 0 Å². The van der Waals surface area contributed by atoms with Crippen LogP contribution in [0.4, 0.5) is 0 Å². The van der Waals surface area contributed by atoms with E-state index < -0.39 is 7.12 Å². The van der Waals surface area contributed by atoms with Crippen molar-refractivity contribution in [1.82, 2.24) is 4.98 Å². The van der Waals surface area contributed by atoms with Crippen LogP contribution in [-0.4, -0.2) is 17.1 Å². The quantitative estimate of drug-likeness (QED) is 0.816. The number of hydrogen-bond donors (Lipinski definition) is 1. The third-order valence-corrected chi connectivity index (χ3v) is 3.42. The number of hydrogen-bond acceptors (Lipinski definition) is 5. The molecule has 1 aromatic heterocycles. The van der Waals surface area contributed by atoms with E-state index in [1.165, 1.54) is 11.3 Å². The fraction of sp³-hybridized carbons (Fsp3) is 0.182. The van der Waals surface area contributed by atoms with E-state index in [0.29, 0.717) is 17.6 Å². The smallest absolute Gasteiger partial charge is 0.431 e. The van der Waals surface area contributed by atoms with Crippen LogP contribution in [0.2, 0.25) is 0 Å². The molecule has 0 fully saturated rings. The molecule has 0 saturated carbocycles. The lowest BCUT2D eigenvalue weighted by molar-refractivity contribution is 0.275. The predicted molar refractivity (Wildman–Crippen MR) is 65.8 cm³/mol. The number of benzene rings is 1. The normalized spacial score (nSPS) is 13.9. The second kappa shape index (κ2) is 4.14. The molecule has 0 amide bonds. The lowest BCUT2D eigenvalue weighted by Gasteiger charge is -2.04. The van der Waals surface area contributed by atoms with Gasteiger partial charge in [0.05, 0.1) is 12.3 Å². The maximum Gasteiger partial charge on any atom is 0.491 e. The largest absolute Gasteiger partial charge is 0.491 e. The zero-order valence-corrected chi connectivity index (χ0v) is 10.0. The van der Waals surface area contributed by atoms with E-state index in [1.807, 2.05) is 24.4 Å². The number of rotatable bonds is 2. The number of ether oxygens (including phenoxy) is 1. The first-order valence-electron chi connectivity index (χ1n) is 5.25. The SMILES string of the molecule is Cc1csc(Oc2ccc3c(c2)B(O)OC3)n1. The lowest BCUT2D eigenvalue weighted by Crippen LogP contribution is -2.27. The predicted octanol–water partition coefficient (Wildman–Crippen LogP) is 1.46. The van der Waals surface area contributed by atoms with Crippen LogP contribution in [0.25, 0.3) is 0 Å². The first kappa shape index (κ1) is 10.8. The minimum Gasteiger partial charge on any atom is -0.431 e. The van der Waals surface area contributed by atoms with Crippen LogP contribution in [-0.2, 0) is 11.3 Å². The van der Waals surface area contributed by atoms with Crippen LogP contribution in [0.1, 0.15) is 11.3 Å². The Morgan fingerprint density at radius 3 is 3.18 bits per heavy atom. The molecule has 0 atom stereocenters. The van der Waals surface area contributed by atoms with Crippen molar-refractivity contribution < 1.29 is 14.4 Å². The number of thiazole rings is 1. The Morgan fingerprint density at radius 1 is 1.53 bits per heavy atom. The average molecular weight is 247 g/mol. The zero-order valence-electron chi connectivity index (χ0n) is 9.21. The molecule has 1 aromatic carbocycles. The average Bonchev–Trinajstić information content (AvgIpc) is 2.87. The van der Waals surface area contributed by atoms with Gasteiger partial charge >= 0.3 is 7.12 Å². The molecule has 1 aliphatic rings. The van der Waals surface area contributed by atoms with Crippen LogP contribution in [0, 0.1) is 6.92 Å². The molecule has 2 heterocycles. The van der Waals surface area contributed by atoms with Crippen molar-refractivity contribution >= 4 is 23.9 Å². The summed E-state index contributed by atoms with van der Waals surface area (Å²) in [6.07, 6.45) is 0. The van der Waals surface area contributed by atoms with E-state index in [-0.39, 0.29) is 0 Å². The van der Waals surface area contributed by atoms with Crippen molar-refractivity contribution in [2.75, 3.05) is 0 Å². The Labute approximate surface area is 103 Å². The standard InChI is InChI=1S/C11H10BNO3S/c1-7-6-17-11(13-7)16-9-3-2-8-5-15-12(14)10(8)4-9/h2-4,6,14H,5H2,1H3. The van der Waals surface area contributed by atoms with Gasteiger partial charge in [0.2, 0.25) is 0 Å². The van der Waals surface area contributed by atoms with Gasteiger partial charge < -0.3 is 14.4 Å². The maximum absolute atomic E-state index is 9.59. The molecule has 0 radical (unpaired) electrons.